The van der Waals surface area contributed by atoms with Crippen LogP contribution in [0.25, 0.3) is 0 Å². The number of carbonyl (C=O) groups is 1. The number of amides is 1. The maximum atomic E-state index is 11.8. The highest BCUT2D eigenvalue weighted by molar-refractivity contribution is 5.80. The first kappa shape index (κ1) is 19.0. The minimum Gasteiger partial charge on any atom is -0.352 e. The van der Waals surface area contributed by atoms with Gasteiger partial charge in [0.15, 0.2) is 5.96 Å². The van der Waals surface area contributed by atoms with Gasteiger partial charge in [-0.15, -0.1) is 0 Å². The number of aliphatic imine (C=N–C) groups is 1. The zero-order valence-corrected chi connectivity index (χ0v) is 16.1. The number of nitrogens with one attached hydrogen (secondary N) is 2. The van der Waals surface area contributed by atoms with Gasteiger partial charge in [0.1, 0.15) is 0 Å². The fourth-order valence-corrected chi connectivity index (χ4v) is 3.34. The van der Waals surface area contributed by atoms with Gasteiger partial charge in [-0.1, -0.05) is 54.6 Å². The molecule has 0 spiro atoms. The van der Waals surface area contributed by atoms with Crippen molar-refractivity contribution in [2.45, 2.75) is 38.9 Å². The smallest absolute Gasteiger partial charge is 0.222 e. The summed E-state index contributed by atoms with van der Waals surface area (Å²) in [5, 5.41) is 6.79. The summed E-state index contributed by atoms with van der Waals surface area (Å²) >= 11 is 0. The van der Waals surface area contributed by atoms with Crippen LogP contribution in [0.4, 0.5) is 0 Å². The summed E-state index contributed by atoms with van der Waals surface area (Å²) in [7, 11) is 1.78. The largest absolute Gasteiger partial charge is 0.352 e. The molecule has 0 aromatic heterocycles. The van der Waals surface area contributed by atoms with Crippen LogP contribution < -0.4 is 10.6 Å². The molecule has 0 radical (unpaired) electrons. The van der Waals surface area contributed by atoms with Crippen molar-refractivity contribution in [2.75, 3.05) is 13.6 Å². The second kappa shape index (κ2) is 9.21. The van der Waals surface area contributed by atoms with Crippen LogP contribution in [0.15, 0.2) is 59.6 Å². The van der Waals surface area contributed by atoms with Crippen LogP contribution >= 0.6 is 0 Å². The summed E-state index contributed by atoms with van der Waals surface area (Å²) < 4.78 is 0. The molecule has 1 heterocycles. The molecule has 2 N–H and O–H groups in total. The number of benzene rings is 2. The van der Waals surface area contributed by atoms with Crippen molar-refractivity contribution in [3.05, 3.63) is 71.3 Å². The number of hydrogen-bond donors (Lipinski definition) is 2. The predicted molar refractivity (Wildman–Crippen MR) is 109 cm³/mol. The highest BCUT2D eigenvalue weighted by Crippen LogP contribution is 2.15. The first-order valence-corrected chi connectivity index (χ1v) is 9.53. The Morgan fingerprint density at radius 1 is 1.15 bits per heavy atom. The van der Waals surface area contributed by atoms with E-state index in [4.69, 9.17) is 0 Å². The summed E-state index contributed by atoms with van der Waals surface area (Å²) in [4.78, 5) is 18.1. The Labute approximate surface area is 161 Å². The van der Waals surface area contributed by atoms with Crippen LogP contribution in [0.5, 0.6) is 0 Å². The van der Waals surface area contributed by atoms with Gasteiger partial charge in [-0.05, 0) is 30.0 Å². The van der Waals surface area contributed by atoms with E-state index >= 15 is 0 Å². The molecule has 27 heavy (non-hydrogen) atoms. The van der Waals surface area contributed by atoms with Gasteiger partial charge in [0.2, 0.25) is 5.91 Å². The topological polar surface area (TPSA) is 56.7 Å². The van der Waals surface area contributed by atoms with Crippen molar-refractivity contribution in [1.29, 1.82) is 0 Å². The lowest BCUT2D eigenvalue weighted by atomic mass is 10.1. The second-order valence-electron chi connectivity index (χ2n) is 6.94. The Morgan fingerprint density at radius 3 is 2.63 bits per heavy atom. The van der Waals surface area contributed by atoms with Crippen LogP contribution in [0.2, 0.25) is 0 Å². The lowest BCUT2D eigenvalue weighted by Crippen LogP contribution is -2.38. The first-order chi connectivity index (χ1) is 13.2. The number of nitrogens with zero attached hydrogens (tertiary/aromatic N) is 2. The Balaban J connectivity index is 1.55. The summed E-state index contributed by atoms with van der Waals surface area (Å²) in [6.07, 6.45) is 1.66. The first-order valence-electron chi connectivity index (χ1n) is 9.53. The van der Waals surface area contributed by atoms with Crippen LogP contribution in [0.1, 0.15) is 42.5 Å². The summed E-state index contributed by atoms with van der Waals surface area (Å²) in [6, 6.07) is 18.9. The third-order valence-corrected chi connectivity index (χ3v) is 4.87. The van der Waals surface area contributed by atoms with E-state index in [-0.39, 0.29) is 11.9 Å². The van der Waals surface area contributed by atoms with E-state index in [0.717, 1.165) is 18.9 Å². The Morgan fingerprint density at radius 2 is 1.93 bits per heavy atom. The zero-order valence-electron chi connectivity index (χ0n) is 16.1. The molecule has 3 rings (SSSR count). The summed E-state index contributed by atoms with van der Waals surface area (Å²) in [6.45, 7) is 4.37. The van der Waals surface area contributed by atoms with Gasteiger partial charge in [0.05, 0.1) is 6.04 Å². The van der Waals surface area contributed by atoms with Crippen LogP contribution in [0.3, 0.4) is 0 Å². The monoisotopic (exact) mass is 364 g/mol. The van der Waals surface area contributed by atoms with Gasteiger partial charge >= 0.3 is 0 Å². The maximum absolute atomic E-state index is 11.8. The molecule has 0 bridgehead atoms. The van der Waals surface area contributed by atoms with E-state index in [1.165, 1.54) is 16.7 Å². The molecule has 1 atom stereocenters. The van der Waals surface area contributed by atoms with E-state index < -0.39 is 0 Å². The Bertz CT molecular complexity index is 788. The molecule has 5 heteroatoms. The maximum Gasteiger partial charge on any atom is 0.222 e. The molecule has 0 saturated carbocycles. The summed E-state index contributed by atoms with van der Waals surface area (Å²) in [5.74, 6) is 1.03. The molecule has 2 aromatic rings. The Kier molecular flexibility index (Phi) is 6.47. The number of likely N-dealkylation sites (tertiary alicyclic amines) is 1. The molecule has 142 valence electrons. The van der Waals surface area contributed by atoms with Gasteiger partial charge in [-0.2, -0.15) is 0 Å². The predicted octanol–water partition coefficient (Wildman–Crippen LogP) is 3.24. The number of hydrogen-bond acceptors (Lipinski definition) is 2. The number of rotatable bonds is 6. The van der Waals surface area contributed by atoms with E-state index in [2.05, 4.69) is 58.9 Å². The molecular weight excluding hydrogens is 336 g/mol. The molecule has 1 unspecified atom stereocenters. The van der Waals surface area contributed by atoms with E-state index in [1.54, 1.807) is 7.05 Å². The van der Waals surface area contributed by atoms with Crippen molar-refractivity contribution in [3.8, 4) is 0 Å². The van der Waals surface area contributed by atoms with Crippen LogP contribution in [-0.4, -0.2) is 30.4 Å². The third kappa shape index (κ3) is 5.33. The molecule has 1 saturated heterocycles. The minimum absolute atomic E-state index is 0.171. The highest BCUT2D eigenvalue weighted by Gasteiger charge is 2.19. The van der Waals surface area contributed by atoms with E-state index in [1.807, 2.05) is 23.1 Å². The second-order valence-corrected chi connectivity index (χ2v) is 6.94. The van der Waals surface area contributed by atoms with Crippen molar-refractivity contribution in [3.63, 3.8) is 0 Å². The summed E-state index contributed by atoms with van der Waals surface area (Å²) in [5.41, 5.74) is 3.57. The van der Waals surface area contributed by atoms with Gasteiger partial charge < -0.3 is 15.5 Å². The molecule has 2 aromatic carbocycles. The third-order valence-electron chi connectivity index (χ3n) is 4.87. The number of carbonyl (C=O) groups excluding carboxylic acids is 1. The standard InChI is InChI=1S/C22H28N4O/c1-17(20-10-4-3-5-11-20)25-22(23-2)24-15-18-8-6-9-19(14-18)16-26-13-7-12-21(26)27/h3-6,8-11,14,17H,7,12-13,15-16H2,1-2H3,(H2,23,24,25). The average molecular weight is 364 g/mol. The molecule has 0 aliphatic carbocycles. The van der Waals surface area contributed by atoms with Gasteiger partial charge in [0.25, 0.3) is 0 Å². The minimum atomic E-state index is 0.171. The van der Waals surface area contributed by atoms with E-state index in [9.17, 15) is 4.79 Å². The SMILES string of the molecule is CN=C(NCc1cccc(CN2CCCC2=O)c1)NC(C)c1ccccc1. The lowest BCUT2D eigenvalue weighted by molar-refractivity contribution is -0.128. The lowest BCUT2D eigenvalue weighted by Gasteiger charge is -2.19. The quantitative estimate of drug-likeness (QED) is 0.611. The molecule has 5 nitrogen and oxygen atoms in total. The Hall–Kier alpha value is -2.82. The van der Waals surface area contributed by atoms with Crippen LogP contribution in [0, 0.1) is 0 Å². The molecule has 1 amide bonds. The highest BCUT2D eigenvalue weighted by atomic mass is 16.2. The zero-order chi connectivity index (χ0) is 19.1. The fraction of sp³-hybridized carbons (Fsp3) is 0.364. The molecule has 1 aliphatic heterocycles. The molecule has 1 aliphatic rings. The van der Waals surface area contributed by atoms with Gasteiger partial charge in [0, 0.05) is 33.1 Å². The number of guanidine groups is 1. The fourth-order valence-electron chi connectivity index (χ4n) is 3.34. The van der Waals surface area contributed by atoms with Gasteiger partial charge in [-0.25, -0.2) is 0 Å². The van der Waals surface area contributed by atoms with Crippen molar-refractivity contribution >= 4 is 11.9 Å². The van der Waals surface area contributed by atoms with Gasteiger partial charge in [-0.3, -0.25) is 9.79 Å². The van der Waals surface area contributed by atoms with E-state index in [0.29, 0.717) is 19.5 Å². The van der Waals surface area contributed by atoms with Crippen molar-refractivity contribution in [2.24, 2.45) is 4.99 Å². The molecular formula is C22H28N4O. The molecule has 1 fully saturated rings. The normalized spacial score (nSPS) is 15.7. The van der Waals surface area contributed by atoms with Crippen LogP contribution in [-0.2, 0) is 17.9 Å². The average Bonchev–Trinajstić information content (AvgIpc) is 3.10. The van der Waals surface area contributed by atoms with Crippen molar-refractivity contribution < 1.29 is 4.79 Å². The van der Waals surface area contributed by atoms with Crippen molar-refractivity contribution in [1.82, 2.24) is 15.5 Å².